The van der Waals surface area contributed by atoms with Gasteiger partial charge < -0.3 is 5.32 Å². The summed E-state index contributed by atoms with van der Waals surface area (Å²) in [5.41, 5.74) is 6.02. The second-order valence-corrected chi connectivity index (χ2v) is 6.90. The Morgan fingerprint density at radius 3 is 2.09 bits per heavy atom. The molecule has 1 heterocycles. The fourth-order valence-corrected chi connectivity index (χ4v) is 2.96. The van der Waals surface area contributed by atoms with E-state index in [1.165, 1.54) is 38.5 Å². The van der Waals surface area contributed by atoms with Crippen LogP contribution >= 0.6 is 0 Å². The molecule has 3 N–H and O–H groups in total. The number of nitrogens with one attached hydrogen (secondary N) is 3. The highest BCUT2D eigenvalue weighted by Gasteiger charge is 2.43. The van der Waals surface area contributed by atoms with Gasteiger partial charge in [-0.05, 0) is 19.8 Å². The molecule has 1 atom stereocenters. The van der Waals surface area contributed by atoms with Crippen LogP contribution < -0.4 is 16.2 Å². The van der Waals surface area contributed by atoms with Gasteiger partial charge >= 0.3 is 0 Å². The van der Waals surface area contributed by atoms with Crippen molar-refractivity contribution in [1.29, 1.82) is 0 Å². The highest BCUT2D eigenvalue weighted by atomic mass is 16.2. The third kappa shape index (κ3) is 8.47. The van der Waals surface area contributed by atoms with E-state index in [1.54, 1.807) is 6.92 Å². The zero-order valence-corrected chi connectivity index (χ0v) is 15.2. The zero-order valence-electron chi connectivity index (χ0n) is 15.2. The second-order valence-electron chi connectivity index (χ2n) is 6.90. The third-order valence-corrected chi connectivity index (χ3v) is 4.55. The summed E-state index contributed by atoms with van der Waals surface area (Å²) >= 11 is 0. The molecule has 0 radical (unpaired) electrons. The molecule has 5 nitrogen and oxygen atoms in total. The van der Waals surface area contributed by atoms with Gasteiger partial charge in [0.1, 0.15) is 5.66 Å². The number of unbranched alkanes of at least 4 members (excludes halogenated alkanes) is 6. The van der Waals surface area contributed by atoms with E-state index in [2.05, 4.69) is 23.1 Å². The first-order valence-corrected chi connectivity index (χ1v) is 9.37. The molecule has 23 heavy (non-hydrogen) atoms. The number of ketones is 1. The van der Waals surface area contributed by atoms with Crippen molar-refractivity contribution in [3.05, 3.63) is 0 Å². The second kappa shape index (κ2) is 10.8. The Balaban J connectivity index is 2.19. The minimum Gasteiger partial charge on any atom is -0.346 e. The minimum absolute atomic E-state index is 0.0399. The molecule has 5 heteroatoms. The number of Topliss-reactive ketones (excluding diaryl/α,β-unsaturated/α-hetero) is 1. The fourth-order valence-electron chi connectivity index (χ4n) is 2.96. The Kier molecular flexibility index (Phi) is 9.41. The lowest BCUT2D eigenvalue weighted by molar-refractivity contribution is -0.127. The summed E-state index contributed by atoms with van der Waals surface area (Å²) in [6, 6.07) is -0.332. The van der Waals surface area contributed by atoms with Crippen molar-refractivity contribution >= 4 is 11.7 Å². The molecule has 0 bridgehead atoms. The van der Waals surface area contributed by atoms with Crippen molar-refractivity contribution in [2.24, 2.45) is 0 Å². The van der Waals surface area contributed by atoms with Crippen LogP contribution in [0, 0.1) is 0 Å². The molecular weight excluding hydrogens is 290 g/mol. The van der Waals surface area contributed by atoms with Crippen LogP contribution in [0.5, 0.6) is 0 Å². The van der Waals surface area contributed by atoms with Crippen molar-refractivity contribution in [2.75, 3.05) is 0 Å². The number of hydrazine groups is 1. The van der Waals surface area contributed by atoms with Gasteiger partial charge in [-0.2, -0.15) is 0 Å². The molecule has 1 unspecified atom stereocenters. The van der Waals surface area contributed by atoms with E-state index >= 15 is 0 Å². The molecule has 0 aliphatic carbocycles. The van der Waals surface area contributed by atoms with E-state index in [9.17, 15) is 9.59 Å². The molecule has 1 aliphatic heterocycles. The van der Waals surface area contributed by atoms with E-state index in [0.717, 1.165) is 19.3 Å². The SMILES string of the molecule is CCCCCCCCCC1(CC(=O)NC(CCC)C(C)=O)NN1. The first-order chi connectivity index (χ1) is 11.0. The third-order valence-electron chi connectivity index (χ3n) is 4.55. The number of hydrogen-bond donors (Lipinski definition) is 3. The topological polar surface area (TPSA) is 90.0 Å². The molecule has 0 aromatic carbocycles. The Hall–Kier alpha value is -0.940. The van der Waals surface area contributed by atoms with Crippen LogP contribution in [0.4, 0.5) is 0 Å². The molecule has 1 saturated heterocycles. The first kappa shape index (κ1) is 20.1. The zero-order chi connectivity index (χ0) is 17.1. The van der Waals surface area contributed by atoms with Gasteiger partial charge in [0.15, 0.2) is 5.78 Å². The standard InChI is InChI=1S/C18H35N3O2/c1-4-6-7-8-9-10-11-13-18(20-21-18)14-17(23)19-16(12-5-2)15(3)22/h16,20-21H,4-14H2,1-3H3,(H,19,23). The van der Waals surface area contributed by atoms with E-state index in [0.29, 0.717) is 12.8 Å². The quantitative estimate of drug-likeness (QED) is 0.338. The maximum Gasteiger partial charge on any atom is 0.223 e. The minimum atomic E-state index is -0.332. The van der Waals surface area contributed by atoms with Gasteiger partial charge in [0.05, 0.1) is 12.5 Å². The van der Waals surface area contributed by atoms with Crippen LogP contribution in [0.2, 0.25) is 0 Å². The number of carbonyl (C=O) groups excluding carboxylic acids is 2. The summed E-state index contributed by atoms with van der Waals surface area (Å²) < 4.78 is 0. The number of hydrogen-bond acceptors (Lipinski definition) is 4. The summed E-state index contributed by atoms with van der Waals surface area (Å²) in [5, 5.41) is 2.87. The van der Waals surface area contributed by atoms with Gasteiger partial charge in [-0.15, -0.1) is 0 Å². The summed E-state index contributed by atoms with van der Waals surface area (Å²) in [7, 11) is 0. The normalized spacial score (nSPS) is 16.8. The van der Waals surface area contributed by atoms with E-state index in [-0.39, 0.29) is 23.4 Å². The van der Waals surface area contributed by atoms with Crippen molar-refractivity contribution < 1.29 is 9.59 Å². The molecular formula is C18H35N3O2. The van der Waals surface area contributed by atoms with Crippen LogP contribution in [0.15, 0.2) is 0 Å². The van der Waals surface area contributed by atoms with Gasteiger partial charge in [0, 0.05) is 0 Å². The van der Waals surface area contributed by atoms with Gasteiger partial charge in [-0.1, -0.05) is 65.2 Å². The Morgan fingerprint density at radius 1 is 0.957 bits per heavy atom. The Bertz CT molecular complexity index is 367. The molecule has 1 rings (SSSR count). The first-order valence-electron chi connectivity index (χ1n) is 9.37. The van der Waals surface area contributed by atoms with Crippen molar-refractivity contribution in [1.82, 2.24) is 16.2 Å². The van der Waals surface area contributed by atoms with Gasteiger partial charge in [0.2, 0.25) is 5.91 Å². The van der Waals surface area contributed by atoms with Crippen molar-refractivity contribution in [3.63, 3.8) is 0 Å². The van der Waals surface area contributed by atoms with E-state index in [1.807, 2.05) is 6.92 Å². The van der Waals surface area contributed by atoms with E-state index in [4.69, 9.17) is 0 Å². The smallest absolute Gasteiger partial charge is 0.223 e. The largest absolute Gasteiger partial charge is 0.346 e. The summed E-state index contributed by atoms with van der Waals surface area (Å²) in [6.07, 6.45) is 11.9. The highest BCUT2D eigenvalue weighted by Crippen LogP contribution is 2.24. The van der Waals surface area contributed by atoms with Gasteiger partial charge in [0.25, 0.3) is 0 Å². The number of amides is 1. The fraction of sp³-hybridized carbons (Fsp3) is 0.889. The monoisotopic (exact) mass is 325 g/mol. The van der Waals surface area contributed by atoms with Crippen LogP contribution in [0.3, 0.4) is 0 Å². The average molecular weight is 325 g/mol. The molecule has 0 aromatic heterocycles. The number of rotatable bonds is 14. The summed E-state index contributed by atoms with van der Waals surface area (Å²) in [5.74, 6) is -0.00265. The Morgan fingerprint density at radius 2 is 1.57 bits per heavy atom. The molecule has 0 saturated carbocycles. The molecule has 0 spiro atoms. The highest BCUT2D eigenvalue weighted by molar-refractivity contribution is 5.87. The lowest BCUT2D eigenvalue weighted by Crippen LogP contribution is -2.42. The molecule has 1 fully saturated rings. The van der Waals surface area contributed by atoms with Crippen LogP contribution in [-0.4, -0.2) is 23.4 Å². The maximum absolute atomic E-state index is 12.2. The molecule has 0 aromatic rings. The van der Waals surface area contributed by atoms with Crippen molar-refractivity contribution in [3.8, 4) is 0 Å². The van der Waals surface area contributed by atoms with Gasteiger partial charge in [-0.3, -0.25) is 9.59 Å². The van der Waals surface area contributed by atoms with Gasteiger partial charge in [-0.25, -0.2) is 10.9 Å². The average Bonchev–Trinajstić information content (AvgIpc) is 3.25. The van der Waals surface area contributed by atoms with Crippen LogP contribution in [0.25, 0.3) is 0 Å². The summed E-state index contributed by atoms with van der Waals surface area (Å²) in [6.45, 7) is 5.80. The van der Waals surface area contributed by atoms with Crippen LogP contribution in [0.1, 0.15) is 91.4 Å². The van der Waals surface area contributed by atoms with Crippen LogP contribution in [-0.2, 0) is 9.59 Å². The summed E-state index contributed by atoms with van der Waals surface area (Å²) in [4.78, 5) is 23.7. The predicted octanol–water partition coefficient (Wildman–Crippen LogP) is 3.20. The molecule has 134 valence electrons. The Labute approximate surface area is 141 Å². The van der Waals surface area contributed by atoms with E-state index < -0.39 is 0 Å². The maximum atomic E-state index is 12.2. The molecule has 1 aliphatic rings. The lowest BCUT2D eigenvalue weighted by atomic mass is 10.00. The lowest BCUT2D eigenvalue weighted by Gasteiger charge is -2.17. The molecule has 1 amide bonds. The predicted molar refractivity (Wildman–Crippen MR) is 93.7 cm³/mol. The van der Waals surface area contributed by atoms with Crippen molar-refractivity contribution in [2.45, 2.75) is 103 Å². The number of carbonyl (C=O) groups is 2.